The Bertz CT molecular complexity index is 118. The molecule has 52 valence electrons. The number of allylic oxidation sites excluding steroid dienone is 1. The molecule has 0 spiro atoms. The third-order valence-corrected chi connectivity index (χ3v) is 2.17. The van der Waals surface area contributed by atoms with Gasteiger partial charge in [-0.3, -0.25) is 0 Å². The lowest BCUT2D eigenvalue weighted by atomic mass is 10.1. The summed E-state index contributed by atoms with van der Waals surface area (Å²) in [7, 11) is 0. The molecule has 0 radical (unpaired) electrons. The van der Waals surface area contributed by atoms with E-state index in [0.29, 0.717) is 11.7 Å². The van der Waals surface area contributed by atoms with Gasteiger partial charge in [0.1, 0.15) is 0 Å². The number of rotatable bonds is 1. The van der Waals surface area contributed by atoms with Gasteiger partial charge in [-0.15, -0.1) is 0 Å². The predicted octanol–water partition coefficient (Wildman–Crippen LogP) is 2.49. The lowest BCUT2D eigenvalue weighted by molar-refractivity contribution is 0.330. The molecule has 0 aromatic rings. The zero-order chi connectivity index (χ0) is 6.85. The molecule has 9 heavy (non-hydrogen) atoms. The van der Waals surface area contributed by atoms with Crippen LogP contribution in [0.5, 0.6) is 0 Å². The first-order valence-electron chi connectivity index (χ1n) is 3.58. The Labute approximate surface area is 56.4 Å². The van der Waals surface area contributed by atoms with Gasteiger partial charge in [0.15, 0.2) is 0 Å². The average molecular weight is 126 g/mol. The van der Waals surface area contributed by atoms with E-state index in [1.165, 1.54) is 6.42 Å². The lowest BCUT2D eigenvalue weighted by Crippen LogP contribution is -1.96. The van der Waals surface area contributed by atoms with Crippen LogP contribution >= 0.6 is 0 Å². The summed E-state index contributed by atoms with van der Waals surface area (Å²) in [6, 6.07) is 0. The van der Waals surface area contributed by atoms with Gasteiger partial charge in [-0.05, 0) is 25.2 Å². The normalized spacial score (nSPS) is 34.8. The molecule has 1 rings (SSSR count). The van der Waals surface area contributed by atoms with Crippen molar-refractivity contribution in [1.82, 2.24) is 0 Å². The van der Waals surface area contributed by atoms with Crippen LogP contribution in [0.3, 0.4) is 0 Å². The summed E-state index contributed by atoms with van der Waals surface area (Å²) in [5.41, 5.74) is 0. The summed E-state index contributed by atoms with van der Waals surface area (Å²) in [5, 5.41) is 8.98. The van der Waals surface area contributed by atoms with Gasteiger partial charge in [-0.2, -0.15) is 0 Å². The molecule has 1 aliphatic rings. The van der Waals surface area contributed by atoms with Crippen molar-refractivity contribution in [2.24, 2.45) is 11.8 Å². The number of aliphatic hydroxyl groups is 1. The fraction of sp³-hybridized carbons (Fsp3) is 0.750. The summed E-state index contributed by atoms with van der Waals surface area (Å²) in [6.45, 7) is 5.75. The van der Waals surface area contributed by atoms with E-state index in [0.717, 1.165) is 18.8 Å². The van der Waals surface area contributed by atoms with Crippen molar-refractivity contribution in [3.05, 3.63) is 12.3 Å². The molecule has 1 fully saturated rings. The van der Waals surface area contributed by atoms with Gasteiger partial charge in [0.05, 0.1) is 5.76 Å². The van der Waals surface area contributed by atoms with Gasteiger partial charge in [0.25, 0.3) is 0 Å². The van der Waals surface area contributed by atoms with E-state index in [9.17, 15) is 0 Å². The summed E-state index contributed by atoms with van der Waals surface area (Å²) < 4.78 is 0. The van der Waals surface area contributed by atoms with Crippen molar-refractivity contribution in [2.75, 3.05) is 0 Å². The van der Waals surface area contributed by atoms with E-state index in [-0.39, 0.29) is 0 Å². The van der Waals surface area contributed by atoms with Crippen molar-refractivity contribution in [2.45, 2.75) is 26.2 Å². The minimum atomic E-state index is 0.388. The summed E-state index contributed by atoms with van der Waals surface area (Å²) in [4.78, 5) is 0. The Kier molecular flexibility index (Phi) is 1.79. The van der Waals surface area contributed by atoms with Crippen LogP contribution < -0.4 is 0 Å². The average Bonchev–Trinajstić information content (AvgIpc) is 2.14. The molecule has 0 aromatic carbocycles. The molecule has 1 saturated carbocycles. The van der Waals surface area contributed by atoms with Gasteiger partial charge in [0.2, 0.25) is 0 Å². The zero-order valence-corrected chi connectivity index (χ0v) is 5.93. The number of hydrogen-bond acceptors (Lipinski definition) is 1. The highest BCUT2D eigenvalue weighted by molar-refractivity contribution is 4.92. The number of aliphatic hydroxyl groups excluding tert-OH is 1. The van der Waals surface area contributed by atoms with Crippen LogP contribution in [0.25, 0.3) is 0 Å². The maximum atomic E-state index is 8.98. The summed E-state index contributed by atoms with van der Waals surface area (Å²) in [6.07, 6.45) is 3.52. The maximum Gasteiger partial charge on any atom is 0.0882 e. The van der Waals surface area contributed by atoms with Gasteiger partial charge in [0, 0.05) is 5.92 Å². The SMILES string of the molecule is C=C(O)C1CCC(C)C1. The van der Waals surface area contributed by atoms with E-state index in [2.05, 4.69) is 13.5 Å². The Morgan fingerprint density at radius 2 is 2.22 bits per heavy atom. The predicted molar refractivity (Wildman–Crippen MR) is 38.3 cm³/mol. The molecule has 2 atom stereocenters. The Hall–Kier alpha value is -0.460. The second kappa shape index (κ2) is 2.42. The van der Waals surface area contributed by atoms with Gasteiger partial charge < -0.3 is 5.11 Å². The summed E-state index contributed by atoms with van der Waals surface area (Å²) >= 11 is 0. The van der Waals surface area contributed by atoms with Crippen molar-refractivity contribution < 1.29 is 5.11 Å². The highest BCUT2D eigenvalue weighted by Gasteiger charge is 2.22. The molecular weight excluding hydrogens is 112 g/mol. The first kappa shape index (κ1) is 6.66. The van der Waals surface area contributed by atoms with Crippen LogP contribution in [0, 0.1) is 11.8 Å². The smallest absolute Gasteiger partial charge is 0.0882 e. The van der Waals surface area contributed by atoms with E-state index in [4.69, 9.17) is 5.11 Å². The molecule has 2 unspecified atom stereocenters. The minimum Gasteiger partial charge on any atom is -0.513 e. The van der Waals surface area contributed by atoms with Gasteiger partial charge >= 0.3 is 0 Å². The van der Waals surface area contributed by atoms with Crippen molar-refractivity contribution in [1.29, 1.82) is 0 Å². The first-order chi connectivity index (χ1) is 4.20. The lowest BCUT2D eigenvalue weighted by Gasteiger charge is -2.04. The maximum absolute atomic E-state index is 8.98. The Morgan fingerprint density at radius 1 is 1.56 bits per heavy atom. The van der Waals surface area contributed by atoms with Crippen LogP contribution in [0.4, 0.5) is 0 Å². The fourth-order valence-corrected chi connectivity index (χ4v) is 1.51. The van der Waals surface area contributed by atoms with E-state index in [1.54, 1.807) is 0 Å². The standard InChI is InChI=1S/C8H14O/c1-6-3-4-8(5-6)7(2)9/h6,8-9H,2-5H2,1H3. The van der Waals surface area contributed by atoms with E-state index < -0.39 is 0 Å². The Balaban J connectivity index is 2.39. The van der Waals surface area contributed by atoms with Crippen LogP contribution in [0.15, 0.2) is 12.3 Å². The molecule has 0 amide bonds. The van der Waals surface area contributed by atoms with Crippen LogP contribution in [0.1, 0.15) is 26.2 Å². The van der Waals surface area contributed by atoms with Crippen molar-refractivity contribution >= 4 is 0 Å². The molecular formula is C8H14O. The van der Waals surface area contributed by atoms with E-state index in [1.807, 2.05) is 0 Å². The van der Waals surface area contributed by atoms with Crippen LogP contribution in [-0.4, -0.2) is 5.11 Å². The largest absolute Gasteiger partial charge is 0.513 e. The molecule has 0 bridgehead atoms. The van der Waals surface area contributed by atoms with Crippen molar-refractivity contribution in [3.63, 3.8) is 0 Å². The molecule has 1 N–H and O–H groups in total. The third-order valence-electron chi connectivity index (χ3n) is 2.17. The molecule has 1 aliphatic carbocycles. The third kappa shape index (κ3) is 1.47. The van der Waals surface area contributed by atoms with Crippen molar-refractivity contribution in [3.8, 4) is 0 Å². The Morgan fingerprint density at radius 3 is 2.44 bits per heavy atom. The van der Waals surface area contributed by atoms with Crippen LogP contribution in [0.2, 0.25) is 0 Å². The molecule has 0 aromatic heterocycles. The fourth-order valence-electron chi connectivity index (χ4n) is 1.51. The molecule has 1 heteroatoms. The van der Waals surface area contributed by atoms with Crippen LogP contribution in [-0.2, 0) is 0 Å². The number of hydrogen-bond donors (Lipinski definition) is 1. The summed E-state index contributed by atoms with van der Waals surface area (Å²) in [5.74, 6) is 1.58. The molecule has 0 aliphatic heterocycles. The molecule has 0 heterocycles. The topological polar surface area (TPSA) is 20.2 Å². The highest BCUT2D eigenvalue weighted by atomic mass is 16.3. The first-order valence-corrected chi connectivity index (χ1v) is 3.58. The molecule has 0 saturated heterocycles. The van der Waals surface area contributed by atoms with Gasteiger partial charge in [-0.1, -0.05) is 13.5 Å². The second-order valence-corrected chi connectivity index (χ2v) is 3.11. The quantitative estimate of drug-likeness (QED) is 0.535. The zero-order valence-electron chi connectivity index (χ0n) is 5.93. The van der Waals surface area contributed by atoms with E-state index >= 15 is 0 Å². The van der Waals surface area contributed by atoms with Gasteiger partial charge in [-0.25, -0.2) is 0 Å². The molecule has 1 nitrogen and oxygen atoms in total. The monoisotopic (exact) mass is 126 g/mol. The highest BCUT2D eigenvalue weighted by Crippen LogP contribution is 2.33. The second-order valence-electron chi connectivity index (χ2n) is 3.11. The minimum absolute atomic E-state index is 0.388.